The molecule has 1 aliphatic carbocycles. The van der Waals surface area contributed by atoms with Gasteiger partial charge < -0.3 is 9.32 Å². The van der Waals surface area contributed by atoms with E-state index in [1.165, 1.54) is 32.3 Å². The first-order valence-corrected chi connectivity index (χ1v) is 22.9. The second-order valence-corrected chi connectivity index (χ2v) is 17.5. The minimum atomic E-state index is 0.688. The van der Waals surface area contributed by atoms with E-state index in [9.17, 15) is 0 Å². The van der Waals surface area contributed by atoms with Gasteiger partial charge >= 0.3 is 0 Å². The molecule has 310 valence electrons. The van der Waals surface area contributed by atoms with E-state index in [0.29, 0.717) is 5.70 Å². The van der Waals surface area contributed by atoms with E-state index in [2.05, 4.69) is 230 Å². The molecule has 0 aliphatic heterocycles. The number of furan rings is 1. The summed E-state index contributed by atoms with van der Waals surface area (Å²) in [6.45, 7) is 6.34. The fraction of sp³-hybridized carbons (Fsp3) is 0.0492. The van der Waals surface area contributed by atoms with Crippen molar-refractivity contribution in [3.8, 4) is 22.3 Å². The lowest BCUT2D eigenvalue weighted by Gasteiger charge is -2.26. The first kappa shape index (κ1) is 39.8. The summed E-state index contributed by atoms with van der Waals surface area (Å²) in [6.07, 6.45) is 8.76. The molecule has 2 aromatic heterocycles. The fourth-order valence-electron chi connectivity index (χ4n) is 9.16. The van der Waals surface area contributed by atoms with Gasteiger partial charge in [0.1, 0.15) is 16.9 Å². The Morgan fingerprint density at radius 2 is 1.31 bits per heavy atom. The SMILES string of the molecule is C=C=C(N=C(c1ccccc1)c1sc2ccccc2c1C)c1cccc(-c2cccc3oc4cc(N(c5ccc(C6=CC=CCC6)cc5)c5cccc(-c6ccccc6)c5)ccc4c23)c1. The quantitative estimate of drug-likeness (QED) is 0.101. The molecule has 0 spiro atoms. The lowest BCUT2D eigenvalue weighted by Crippen LogP contribution is -2.10. The van der Waals surface area contributed by atoms with Crippen molar-refractivity contribution in [3.05, 3.63) is 252 Å². The number of thiophene rings is 1. The Morgan fingerprint density at radius 3 is 2.11 bits per heavy atom. The first-order valence-electron chi connectivity index (χ1n) is 22.1. The Bertz CT molecular complexity index is 3540. The van der Waals surface area contributed by atoms with Crippen LogP contribution in [-0.4, -0.2) is 5.71 Å². The van der Waals surface area contributed by atoms with Gasteiger partial charge in [-0.05, 0) is 119 Å². The van der Waals surface area contributed by atoms with Crippen molar-refractivity contribution in [2.75, 3.05) is 4.90 Å². The van der Waals surface area contributed by atoms with Gasteiger partial charge in [0, 0.05) is 49.7 Å². The van der Waals surface area contributed by atoms with Gasteiger partial charge in [0.2, 0.25) is 0 Å². The fourth-order valence-corrected chi connectivity index (χ4v) is 10.4. The van der Waals surface area contributed by atoms with Gasteiger partial charge in [0.05, 0.1) is 10.6 Å². The molecule has 1 aliphatic rings. The lowest BCUT2D eigenvalue weighted by atomic mass is 9.96. The number of hydrogen-bond acceptors (Lipinski definition) is 4. The second kappa shape index (κ2) is 17.3. The molecule has 0 amide bonds. The van der Waals surface area contributed by atoms with Gasteiger partial charge in [0.25, 0.3) is 0 Å². The minimum absolute atomic E-state index is 0.688. The molecule has 0 saturated heterocycles. The van der Waals surface area contributed by atoms with Crippen LogP contribution in [0.1, 0.15) is 40.0 Å². The van der Waals surface area contributed by atoms with Gasteiger partial charge in [-0.25, -0.2) is 4.99 Å². The second-order valence-electron chi connectivity index (χ2n) is 16.4. The Morgan fingerprint density at radius 1 is 0.600 bits per heavy atom. The molecule has 8 aromatic carbocycles. The summed E-state index contributed by atoms with van der Waals surface area (Å²) < 4.78 is 8.01. The van der Waals surface area contributed by atoms with E-state index < -0.39 is 0 Å². The highest BCUT2D eigenvalue weighted by Crippen LogP contribution is 2.43. The number of benzene rings is 8. The van der Waals surface area contributed by atoms with Crippen LogP contribution in [0.25, 0.3) is 65.5 Å². The molecule has 11 rings (SSSR count). The molecule has 0 atom stereocenters. The monoisotopic (exact) mass is 852 g/mol. The molecule has 4 heteroatoms. The van der Waals surface area contributed by atoms with Gasteiger partial charge in [-0.1, -0.05) is 158 Å². The van der Waals surface area contributed by atoms with Crippen molar-refractivity contribution >= 4 is 77.4 Å². The van der Waals surface area contributed by atoms with Crippen LogP contribution in [0.4, 0.5) is 17.1 Å². The van der Waals surface area contributed by atoms with Crippen molar-refractivity contribution in [1.29, 1.82) is 0 Å². The third-order valence-corrected chi connectivity index (χ3v) is 13.7. The van der Waals surface area contributed by atoms with Crippen LogP contribution in [0.5, 0.6) is 0 Å². The van der Waals surface area contributed by atoms with Crippen molar-refractivity contribution < 1.29 is 4.42 Å². The number of nitrogens with zero attached hydrogens (tertiary/aromatic N) is 2. The highest BCUT2D eigenvalue weighted by atomic mass is 32.1. The zero-order chi connectivity index (χ0) is 43.7. The maximum atomic E-state index is 6.77. The topological polar surface area (TPSA) is 28.7 Å². The predicted octanol–water partition coefficient (Wildman–Crippen LogP) is 17.3. The van der Waals surface area contributed by atoms with Crippen molar-refractivity contribution in [2.45, 2.75) is 19.8 Å². The van der Waals surface area contributed by atoms with E-state index in [1.54, 1.807) is 11.3 Å². The predicted molar refractivity (Wildman–Crippen MR) is 277 cm³/mol. The van der Waals surface area contributed by atoms with Crippen LogP contribution in [0, 0.1) is 6.92 Å². The molecule has 0 radical (unpaired) electrons. The molecular formula is C61H44N2OS. The Hall–Kier alpha value is -8.01. The van der Waals surface area contributed by atoms with Crippen LogP contribution >= 0.6 is 11.3 Å². The maximum Gasteiger partial charge on any atom is 0.137 e. The summed E-state index contributed by atoms with van der Waals surface area (Å²) in [5.74, 6) is 0. The van der Waals surface area contributed by atoms with E-state index in [1.807, 2.05) is 6.07 Å². The number of hydrogen-bond donors (Lipinski definition) is 0. The average Bonchev–Trinajstić information content (AvgIpc) is 3.92. The smallest absolute Gasteiger partial charge is 0.137 e. The van der Waals surface area contributed by atoms with Crippen LogP contribution in [-0.2, 0) is 0 Å². The number of aliphatic imine (C=N–C) groups is 1. The zero-order valence-corrected chi connectivity index (χ0v) is 36.9. The molecule has 0 saturated carbocycles. The summed E-state index contributed by atoms with van der Waals surface area (Å²) in [7, 11) is 0. The Kier molecular flexibility index (Phi) is 10.6. The highest BCUT2D eigenvalue weighted by Gasteiger charge is 2.20. The number of rotatable bonds is 10. The third-order valence-electron chi connectivity index (χ3n) is 12.4. The highest BCUT2D eigenvalue weighted by molar-refractivity contribution is 7.21. The molecule has 0 N–H and O–H groups in total. The van der Waals surface area contributed by atoms with Gasteiger partial charge in [-0.3, -0.25) is 0 Å². The summed E-state index contributed by atoms with van der Waals surface area (Å²) in [6, 6.07) is 68.8. The van der Waals surface area contributed by atoms with Gasteiger partial charge in [-0.15, -0.1) is 17.1 Å². The minimum Gasteiger partial charge on any atom is -0.456 e. The lowest BCUT2D eigenvalue weighted by molar-refractivity contribution is 0.669. The van der Waals surface area contributed by atoms with Crippen LogP contribution in [0.2, 0.25) is 0 Å². The summed E-state index contributed by atoms with van der Waals surface area (Å²) in [5, 5.41) is 3.38. The zero-order valence-electron chi connectivity index (χ0n) is 36.0. The largest absolute Gasteiger partial charge is 0.456 e. The number of allylic oxidation sites excluding steroid dienone is 4. The van der Waals surface area contributed by atoms with E-state index in [0.717, 1.165) is 90.2 Å². The number of anilines is 3. The molecule has 0 fully saturated rings. The molecular weight excluding hydrogens is 809 g/mol. The van der Waals surface area contributed by atoms with E-state index in [4.69, 9.17) is 9.41 Å². The van der Waals surface area contributed by atoms with Crippen LogP contribution in [0.3, 0.4) is 0 Å². The van der Waals surface area contributed by atoms with Crippen LogP contribution in [0.15, 0.2) is 234 Å². The third kappa shape index (κ3) is 7.66. The summed E-state index contributed by atoms with van der Waals surface area (Å²) in [5.41, 5.74) is 19.9. The Labute approximate surface area is 383 Å². The summed E-state index contributed by atoms with van der Waals surface area (Å²) in [4.78, 5) is 8.84. The van der Waals surface area contributed by atoms with Crippen LogP contribution < -0.4 is 4.90 Å². The summed E-state index contributed by atoms with van der Waals surface area (Å²) >= 11 is 1.77. The first-order chi connectivity index (χ1) is 32.1. The van der Waals surface area contributed by atoms with E-state index >= 15 is 0 Å². The van der Waals surface area contributed by atoms with E-state index in [-0.39, 0.29) is 0 Å². The molecule has 65 heavy (non-hydrogen) atoms. The molecule has 10 aromatic rings. The molecule has 2 heterocycles. The Balaban J connectivity index is 0.995. The van der Waals surface area contributed by atoms with Crippen molar-refractivity contribution in [3.63, 3.8) is 0 Å². The molecule has 0 unspecified atom stereocenters. The van der Waals surface area contributed by atoms with Gasteiger partial charge in [0.15, 0.2) is 0 Å². The maximum absolute atomic E-state index is 6.77. The van der Waals surface area contributed by atoms with Crippen molar-refractivity contribution in [2.24, 2.45) is 4.99 Å². The number of aryl methyl sites for hydroxylation is 1. The molecule has 3 nitrogen and oxygen atoms in total. The normalized spacial score (nSPS) is 12.7. The average molecular weight is 853 g/mol. The number of fused-ring (bicyclic) bond motifs is 4. The van der Waals surface area contributed by atoms with Crippen molar-refractivity contribution in [1.82, 2.24) is 0 Å². The van der Waals surface area contributed by atoms with Gasteiger partial charge in [-0.2, -0.15) is 0 Å². The standard InChI is InChI=1S/C61H44N2OS/c1-3-55(62-60(45-22-11-6-12-23-45)61-41(2)52-28-13-14-31-58(52)65-61)48-26-15-25-47(38-48)53-29-17-30-56-59(53)54-37-36-51(40-57(54)64-56)63(49-34-32-44(33-35-49)42-18-7-4-8-19-42)50-27-16-24-46(39-50)43-20-9-5-10-21-43/h4-7,9-18,20-40H,1,8,19H2,2H3. The molecule has 0 bridgehead atoms.